The average Bonchev–Trinajstić information content (AvgIpc) is 3.36. The van der Waals surface area contributed by atoms with Crippen LogP contribution in [0.4, 0.5) is 9.59 Å². The van der Waals surface area contributed by atoms with E-state index >= 15 is 0 Å². The molecule has 5 rings (SSSR count). The molecule has 0 saturated carbocycles. The number of piperidine rings is 1. The number of carbonyl (C=O) groups is 3. The van der Waals surface area contributed by atoms with Crippen molar-refractivity contribution in [3.63, 3.8) is 0 Å². The van der Waals surface area contributed by atoms with E-state index in [4.69, 9.17) is 14.6 Å². The number of hydrogen-bond donors (Lipinski definition) is 1. The first kappa shape index (κ1) is 29.4. The van der Waals surface area contributed by atoms with Gasteiger partial charge in [0.15, 0.2) is 6.61 Å². The van der Waals surface area contributed by atoms with Gasteiger partial charge < -0.3 is 19.5 Å². The number of hydrogen-bond acceptors (Lipinski definition) is 8. The fourth-order valence-electron chi connectivity index (χ4n) is 5.37. The molecule has 1 atom stereocenters. The Balaban J connectivity index is 1.15. The lowest BCUT2D eigenvalue weighted by Crippen LogP contribution is -2.47. The summed E-state index contributed by atoms with van der Waals surface area (Å²) in [5, 5.41) is 9.60. The number of likely N-dealkylation sites (tertiary alicyclic amines) is 1. The number of aliphatic carboxylic acids is 1. The van der Waals surface area contributed by atoms with Crippen LogP contribution in [0.5, 0.6) is 5.75 Å². The molecule has 3 heterocycles. The number of aromatic nitrogens is 1. The molecule has 0 bridgehead atoms. The van der Waals surface area contributed by atoms with Crippen molar-refractivity contribution in [1.82, 2.24) is 19.7 Å². The zero-order valence-electron chi connectivity index (χ0n) is 23.4. The SMILES string of the molecule is CCOC(=O)N1C[C@@H](c2ccccc2)N(C2CCN(Cc3ccc(Sc4ccc(OCC(=O)O)cc4)nc3)CC2)C1=O. The Morgan fingerprint density at radius 3 is 2.40 bits per heavy atom. The lowest BCUT2D eigenvalue weighted by Gasteiger charge is -2.38. The standard InChI is InChI=1S/C31H34N4O6S/c1-2-40-31(39)34-20-27(23-6-4-3-5-7-23)35(30(34)38)24-14-16-33(17-15-24)19-22-8-13-28(32-18-22)42-26-11-9-25(10-12-26)41-21-29(36)37/h3-13,18,24,27H,2,14-17,19-21H2,1H3,(H,36,37)/t27-/m0/s1. The van der Waals surface area contributed by atoms with Crippen LogP contribution in [0.1, 0.15) is 36.9 Å². The Hall–Kier alpha value is -4.09. The van der Waals surface area contributed by atoms with Gasteiger partial charge in [0.05, 0.1) is 19.2 Å². The van der Waals surface area contributed by atoms with Crippen LogP contribution in [-0.4, -0.2) is 81.8 Å². The van der Waals surface area contributed by atoms with Gasteiger partial charge in [0, 0.05) is 36.8 Å². The molecule has 220 valence electrons. The van der Waals surface area contributed by atoms with Crippen molar-refractivity contribution in [2.75, 3.05) is 32.8 Å². The van der Waals surface area contributed by atoms with Crippen LogP contribution >= 0.6 is 11.8 Å². The third-order valence-corrected chi connectivity index (χ3v) is 8.34. The van der Waals surface area contributed by atoms with Gasteiger partial charge in [-0.1, -0.05) is 48.2 Å². The van der Waals surface area contributed by atoms with Crippen molar-refractivity contribution in [2.45, 2.75) is 48.3 Å². The van der Waals surface area contributed by atoms with Crippen LogP contribution in [0.15, 0.2) is 82.8 Å². The summed E-state index contributed by atoms with van der Waals surface area (Å²) in [6, 6.07) is 20.8. The number of imide groups is 1. The Morgan fingerprint density at radius 2 is 1.76 bits per heavy atom. The quantitative estimate of drug-likeness (QED) is 0.336. The third-order valence-electron chi connectivity index (χ3n) is 7.38. The van der Waals surface area contributed by atoms with E-state index in [9.17, 15) is 14.4 Å². The number of pyridine rings is 1. The van der Waals surface area contributed by atoms with Gasteiger partial charge in [0.1, 0.15) is 10.8 Å². The summed E-state index contributed by atoms with van der Waals surface area (Å²) in [4.78, 5) is 47.7. The predicted octanol–water partition coefficient (Wildman–Crippen LogP) is 5.30. The molecule has 1 N–H and O–H groups in total. The lowest BCUT2D eigenvalue weighted by atomic mass is 9.99. The number of carboxylic acids is 1. The van der Waals surface area contributed by atoms with E-state index in [2.05, 4.69) is 16.0 Å². The van der Waals surface area contributed by atoms with Gasteiger partial charge in [-0.2, -0.15) is 0 Å². The normalized spacial score (nSPS) is 17.8. The minimum atomic E-state index is -1.01. The Morgan fingerprint density at radius 1 is 1.02 bits per heavy atom. The van der Waals surface area contributed by atoms with E-state index in [1.807, 2.05) is 59.6 Å². The second-order valence-electron chi connectivity index (χ2n) is 10.2. The number of benzene rings is 2. The van der Waals surface area contributed by atoms with Gasteiger partial charge >= 0.3 is 18.1 Å². The van der Waals surface area contributed by atoms with Gasteiger partial charge in [0.2, 0.25) is 0 Å². The number of nitrogens with zero attached hydrogens (tertiary/aromatic N) is 4. The molecule has 2 aromatic carbocycles. The topological polar surface area (TPSA) is 113 Å². The zero-order valence-corrected chi connectivity index (χ0v) is 24.2. The van der Waals surface area contributed by atoms with Crippen LogP contribution in [0.2, 0.25) is 0 Å². The first-order valence-corrected chi connectivity index (χ1v) is 14.8. The first-order chi connectivity index (χ1) is 20.4. The van der Waals surface area contributed by atoms with E-state index in [0.29, 0.717) is 12.3 Å². The number of rotatable bonds is 10. The summed E-state index contributed by atoms with van der Waals surface area (Å²) in [5.74, 6) is -0.502. The number of urea groups is 1. The smallest absolute Gasteiger partial charge is 0.418 e. The monoisotopic (exact) mass is 590 g/mol. The van der Waals surface area contributed by atoms with Crippen LogP contribution in [0.3, 0.4) is 0 Å². The van der Waals surface area contributed by atoms with Crippen molar-refractivity contribution < 1.29 is 29.0 Å². The molecule has 3 aromatic rings. The molecular formula is C31H34N4O6S. The summed E-state index contributed by atoms with van der Waals surface area (Å²) in [5.41, 5.74) is 2.13. The van der Waals surface area contributed by atoms with E-state index < -0.39 is 12.1 Å². The Kier molecular flexibility index (Phi) is 9.60. The second kappa shape index (κ2) is 13.7. The summed E-state index contributed by atoms with van der Waals surface area (Å²) < 4.78 is 10.3. The summed E-state index contributed by atoms with van der Waals surface area (Å²) in [6.07, 6.45) is 2.95. The van der Waals surface area contributed by atoms with E-state index in [1.54, 1.807) is 19.1 Å². The molecule has 1 aromatic heterocycles. The highest BCUT2D eigenvalue weighted by molar-refractivity contribution is 7.99. The largest absolute Gasteiger partial charge is 0.482 e. The van der Waals surface area contributed by atoms with Gasteiger partial charge in [-0.3, -0.25) is 4.90 Å². The van der Waals surface area contributed by atoms with Gasteiger partial charge in [-0.05, 0) is 61.2 Å². The van der Waals surface area contributed by atoms with Gasteiger partial charge in [0.25, 0.3) is 0 Å². The van der Waals surface area contributed by atoms with E-state index in [-0.39, 0.29) is 31.3 Å². The van der Waals surface area contributed by atoms with Crippen LogP contribution in [0, 0.1) is 0 Å². The molecule has 2 aliphatic heterocycles. The summed E-state index contributed by atoms with van der Waals surface area (Å²) in [6.45, 7) is 4.33. The molecule has 0 unspecified atom stereocenters. The molecule has 42 heavy (non-hydrogen) atoms. The van der Waals surface area contributed by atoms with Crippen LogP contribution in [0.25, 0.3) is 0 Å². The third kappa shape index (κ3) is 7.21. The van der Waals surface area contributed by atoms with Crippen molar-refractivity contribution in [3.05, 3.63) is 84.1 Å². The van der Waals surface area contributed by atoms with Crippen molar-refractivity contribution in [2.24, 2.45) is 0 Å². The first-order valence-electron chi connectivity index (χ1n) is 14.0. The highest BCUT2D eigenvalue weighted by Crippen LogP contribution is 2.35. The molecule has 2 saturated heterocycles. The molecule has 11 heteroatoms. The molecule has 0 spiro atoms. The van der Waals surface area contributed by atoms with Crippen LogP contribution < -0.4 is 4.74 Å². The maximum Gasteiger partial charge on any atom is 0.418 e. The minimum absolute atomic E-state index is 0.0381. The fraction of sp³-hybridized carbons (Fsp3) is 0.355. The maximum absolute atomic E-state index is 13.4. The molecule has 3 amide bonds. The zero-order chi connectivity index (χ0) is 29.5. The number of ether oxygens (including phenoxy) is 2. The number of carbonyl (C=O) groups excluding carboxylic acids is 2. The van der Waals surface area contributed by atoms with Crippen molar-refractivity contribution >= 4 is 29.9 Å². The minimum Gasteiger partial charge on any atom is -0.482 e. The van der Waals surface area contributed by atoms with Crippen LogP contribution in [-0.2, 0) is 16.1 Å². The molecular weight excluding hydrogens is 556 g/mol. The van der Waals surface area contributed by atoms with E-state index in [1.165, 1.54) is 16.7 Å². The van der Waals surface area contributed by atoms with Crippen molar-refractivity contribution in [1.29, 1.82) is 0 Å². The second-order valence-corrected chi connectivity index (χ2v) is 11.3. The maximum atomic E-state index is 13.4. The Bertz CT molecular complexity index is 1360. The van der Waals surface area contributed by atoms with Gasteiger partial charge in [-0.25, -0.2) is 24.3 Å². The summed E-state index contributed by atoms with van der Waals surface area (Å²) >= 11 is 1.52. The predicted molar refractivity (Wildman–Crippen MR) is 156 cm³/mol. The fourth-order valence-corrected chi connectivity index (χ4v) is 6.12. The highest BCUT2D eigenvalue weighted by Gasteiger charge is 2.45. The molecule has 0 radical (unpaired) electrons. The van der Waals surface area contributed by atoms with Crippen molar-refractivity contribution in [3.8, 4) is 5.75 Å². The van der Waals surface area contributed by atoms with E-state index in [0.717, 1.165) is 53.5 Å². The molecule has 2 aliphatic rings. The van der Waals surface area contributed by atoms with Gasteiger partial charge in [-0.15, -0.1) is 0 Å². The number of amides is 3. The molecule has 2 fully saturated rings. The molecule has 0 aliphatic carbocycles. The lowest BCUT2D eigenvalue weighted by molar-refractivity contribution is -0.139. The average molecular weight is 591 g/mol. The highest BCUT2D eigenvalue weighted by atomic mass is 32.2. The Labute approximate surface area is 249 Å². The molecule has 10 nitrogen and oxygen atoms in total. The number of carboxylic acid groups (broad SMARTS) is 1. The summed E-state index contributed by atoms with van der Waals surface area (Å²) in [7, 11) is 0.